The summed E-state index contributed by atoms with van der Waals surface area (Å²) in [4.78, 5) is 0. The van der Waals surface area contributed by atoms with Crippen LogP contribution in [-0.4, -0.2) is 57.6 Å². The van der Waals surface area contributed by atoms with Crippen molar-refractivity contribution in [3.63, 3.8) is 0 Å². The molecule has 0 amide bonds. The predicted octanol–water partition coefficient (Wildman–Crippen LogP) is 3.46. The maximum Gasteiger partial charge on any atom is 0.523 e. The van der Waals surface area contributed by atoms with E-state index in [1.165, 1.54) is 25.8 Å². The van der Waals surface area contributed by atoms with Crippen LogP contribution in [0, 0.1) is 0 Å². The Bertz CT molecular complexity index is 755. The Balaban J connectivity index is 2.22. The standard InChI is InChI=1S/C17H23F3O7S2/c1-10(27-29(21,22)17(18,19)20)15-14(25-11(2)28-4)9-24-16(26-15)12-5-7-13(23-3)8-6-12/h5-8,10-11,14-16H,9H2,1-4H3/t10-,11?,14?,15+,16?/m1/s1. The second kappa shape index (κ2) is 9.84. The fraction of sp³-hybridized carbons (Fsp3) is 0.647. The van der Waals surface area contributed by atoms with Gasteiger partial charge in [0.25, 0.3) is 0 Å². The van der Waals surface area contributed by atoms with Gasteiger partial charge in [-0.05, 0) is 32.2 Å². The minimum atomic E-state index is -5.79. The highest BCUT2D eigenvalue weighted by atomic mass is 32.2. The summed E-state index contributed by atoms with van der Waals surface area (Å²) in [5.41, 5.74) is -5.28. The highest BCUT2D eigenvalue weighted by Crippen LogP contribution is 2.34. The highest BCUT2D eigenvalue weighted by Gasteiger charge is 2.50. The fourth-order valence-electron chi connectivity index (χ4n) is 2.62. The van der Waals surface area contributed by atoms with Crippen molar-refractivity contribution in [1.82, 2.24) is 0 Å². The zero-order chi connectivity index (χ0) is 21.8. The van der Waals surface area contributed by atoms with Gasteiger partial charge in [-0.3, -0.25) is 4.18 Å². The van der Waals surface area contributed by atoms with Gasteiger partial charge in [0.15, 0.2) is 6.29 Å². The summed E-state index contributed by atoms with van der Waals surface area (Å²) >= 11 is 1.36. The molecule has 3 unspecified atom stereocenters. The molecule has 0 aliphatic carbocycles. The molecular weight excluding hydrogens is 437 g/mol. The zero-order valence-corrected chi connectivity index (χ0v) is 17.8. The Morgan fingerprint density at radius 1 is 1.21 bits per heavy atom. The lowest BCUT2D eigenvalue weighted by atomic mass is 10.1. The van der Waals surface area contributed by atoms with Gasteiger partial charge in [-0.15, -0.1) is 11.8 Å². The van der Waals surface area contributed by atoms with Gasteiger partial charge in [0.05, 0.1) is 13.7 Å². The maximum atomic E-state index is 12.7. The molecule has 1 aliphatic rings. The second-order valence-electron chi connectivity index (χ2n) is 6.22. The lowest BCUT2D eigenvalue weighted by Crippen LogP contribution is -2.50. The third-order valence-corrected chi connectivity index (χ3v) is 6.07. The number of alkyl halides is 3. The summed E-state index contributed by atoms with van der Waals surface area (Å²) in [5.74, 6) is 0.601. The quantitative estimate of drug-likeness (QED) is 0.332. The number of hydrogen-bond donors (Lipinski definition) is 0. The van der Waals surface area contributed by atoms with Crippen molar-refractivity contribution in [3.8, 4) is 5.75 Å². The van der Waals surface area contributed by atoms with E-state index in [2.05, 4.69) is 4.18 Å². The van der Waals surface area contributed by atoms with Crippen molar-refractivity contribution < 1.29 is 44.7 Å². The molecule has 7 nitrogen and oxygen atoms in total. The van der Waals surface area contributed by atoms with E-state index in [0.717, 1.165) is 0 Å². The van der Waals surface area contributed by atoms with Crippen LogP contribution in [-0.2, 0) is 28.5 Å². The summed E-state index contributed by atoms with van der Waals surface area (Å²) in [6, 6.07) is 6.68. The molecule has 2 rings (SSSR count). The minimum absolute atomic E-state index is 0.0218. The smallest absolute Gasteiger partial charge is 0.497 e. The van der Waals surface area contributed by atoms with E-state index < -0.39 is 40.2 Å². The van der Waals surface area contributed by atoms with Crippen LogP contribution in [0.5, 0.6) is 5.75 Å². The van der Waals surface area contributed by atoms with E-state index in [4.69, 9.17) is 18.9 Å². The van der Waals surface area contributed by atoms with Gasteiger partial charge in [0, 0.05) is 5.56 Å². The average Bonchev–Trinajstić information content (AvgIpc) is 2.67. The van der Waals surface area contributed by atoms with Gasteiger partial charge in [-0.1, -0.05) is 12.1 Å². The summed E-state index contributed by atoms with van der Waals surface area (Å²) in [6.45, 7) is 2.91. The molecule has 1 aromatic rings. The van der Waals surface area contributed by atoms with Crippen molar-refractivity contribution >= 4 is 21.9 Å². The van der Waals surface area contributed by atoms with Crippen molar-refractivity contribution in [3.05, 3.63) is 29.8 Å². The first-order valence-corrected chi connectivity index (χ1v) is 11.3. The topological polar surface area (TPSA) is 80.3 Å². The van der Waals surface area contributed by atoms with Crippen LogP contribution in [0.25, 0.3) is 0 Å². The molecule has 1 heterocycles. The lowest BCUT2D eigenvalue weighted by molar-refractivity contribution is -0.281. The number of thioether (sulfide) groups is 1. The molecule has 0 saturated carbocycles. The predicted molar refractivity (Wildman–Crippen MR) is 99.9 cm³/mol. The normalized spacial score (nSPS) is 25.4. The molecule has 0 aromatic heterocycles. The molecule has 29 heavy (non-hydrogen) atoms. The van der Waals surface area contributed by atoms with Crippen LogP contribution in [0.4, 0.5) is 13.2 Å². The first-order valence-electron chi connectivity index (χ1n) is 8.57. The highest BCUT2D eigenvalue weighted by molar-refractivity contribution is 7.99. The summed E-state index contributed by atoms with van der Waals surface area (Å²) in [7, 11) is -4.29. The van der Waals surface area contributed by atoms with Crippen LogP contribution < -0.4 is 4.74 Å². The minimum Gasteiger partial charge on any atom is -0.497 e. The first kappa shape index (κ1) is 24.2. The largest absolute Gasteiger partial charge is 0.523 e. The van der Waals surface area contributed by atoms with Gasteiger partial charge in [-0.2, -0.15) is 21.6 Å². The zero-order valence-electron chi connectivity index (χ0n) is 16.2. The van der Waals surface area contributed by atoms with Gasteiger partial charge in [-0.25, -0.2) is 0 Å². The molecule has 0 spiro atoms. The summed E-state index contributed by atoms with van der Waals surface area (Å²) in [5, 5.41) is 0. The number of benzene rings is 1. The Labute approximate surface area is 171 Å². The van der Waals surface area contributed by atoms with Crippen LogP contribution in [0.3, 0.4) is 0 Å². The average molecular weight is 460 g/mol. The molecular formula is C17H23F3O7S2. The van der Waals surface area contributed by atoms with Crippen molar-refractivity contribution in [2.45, 2.75) is 49.4 Å². The van der Waals surface area contributed by atoms with Gasteiger partial charge in [0.1, 0.15) is 29.5 Å². The third-order valence-electron chi connectivity index (χ3n) is 4.17. The van der Waals surface area contributed by atoms with E-state index in [0.29, 0.717) is 11.3 Å². The van der Waals surface area contributed by atoms with Crippen molar-refractivity contribution in [1.29, 1.82) is 0 Å². The Morgan fingerprint density at radius 2 is 1.83 bits per heavy atom. The molecule has 0 bridgehead atoms. The van der Waals surface area contributed by atoms with Crippen LogP contribution in [0.2, 0.25) is 0 Å². The Kier molecular flexibility index (Phi) is 8.22. The molecule has 12 heteroatoms. The molecule has 166 valence electrons. The molecule has 0 radical (unpaired) electrons. The monoisotopic (exact) mass is 460 g/mol. The number of hydrogen-bond acceptors (Lipinski definition) is 8. The molecule has 1 saturated heterocycles. The molecule has 1 aromatic carbocycles. The summed E-state index contributed by atoms with van der Waals surface area (Å²) in [6.07, 6.45) is -2.56. The van der Waals surface area contributed by atoms with Crippen LogP contribution in [0.15, 0.2) is 24.3 Å². The van der Waals surface area contributed by atoms with Gasteiger partial charge in [0.2, 0.25) is 0 Å². The van der Waals surface area contributed by atoms with E-state index in [1.807, 2.05) is 0 Å². The van der Waals surface area contributed by atoms with E-state index in [-0.39, 0.29) is 12.0 Å². The van der Waals surface area contributed by atoms with Crippen molar-refractivity contribution in [2.75, 3.05) is 20.0 Å². The Morgan fingerprint density at radius 3 is 2.34 bits per heavy atom. The fourth-order valence-corrected chi connectivity index (χ4v) is 3.50. The Hall–Kier alpha value is -1.05. The molecule has 0 N–H and O–H groups in total. The molecule has 5 atom stereocenters. The number of methoxy groups -OCH3 is 1. The van der Waals surface area contributed by atoms with Crippen LogP contribution in [0.1, 0.15) is 25.7 Å². The molecule has 1 aliphatic heterocycles. The van der Waals surface area contributed by atoms with Crippen LogP contribution >= 0.6 is 11.8 Å². The van der Waals surface area contributed by atoms with Gasteiger partial charge < -0.3 is 18.9 Å². The lowest BCUT2D eigenvalue weighted by Gasteiger charge is -2.39. The van der Waals surface area contributed by atoms with E-state index >= 15 is 0 Å². The summed E-state index contributed by atoms with van der Waals surface area (Å²) < 4.78 is 87.6. The first-order chi connectivity index (χ1) is 13.5. The SMILES string of the molecule is COc1ccc(C2OCC(OC(C)SC)[C@H]([C@@H](C)OS(=O)(=O)C(F)(F)F)O2)cc1. The molecule has 1 fully saturated rings. The van der Waals surface area contributed by atoms with E-state index in [9.17, 15) is 21.6 Å². The number of halogens is 3. The third kappa shape index (κ3) is 6.22. The maximum absolute atomic E-state index is 12.7. The second-order valence-corrected chi connectivity index (χ2v) is 8.92. The van der Waals surface area contributed by atoms with Gasteiger partial charge >= 0.3 is 15.6 Å². The number of ether oxygens (including phenoxy) is 4. The number of rotatable bonds is 8. The van der Waals surface area contributed by atoms with Crippen molar-refractivity contribution in [2.24, 2.45) is 0 Å². The van der Waals surface area contributed by atoms with E-state index in [1.54, 1.807) is 37.4 Å².